The van der Waals surface area contributed by atoms with Crippen molar-refractivity contribution in [3.05, 3.63) is 54.1 Å². The van der Waals surface area contributed by atoms with E-state index in [2.05, 4.69) is 10.6 Å². The van der Waals surface area contributed by atoms with Crippen molar-refractivity contribution < 1.29 is 19.1 Å². The molecule has 2 aromatic rings. The van der Waals surface area contributed by atoms with Crippen molar-refractivity contribution in [2.45, 2.75) is 68.9 Å². The van der Waals surface area contributed by atoms with Crippen molar-refractivity contribution in [1.82, 2.24) is 0 Å². The smallest absolute Gasteiger partial charge is 0.338 e. The Balaban J connectivity index is 1.50. The summed E-state index contributed by atoms with van der Waals surface area (Å²) in [5, 5.41) is 5.58. The van der Waals surface area contributed by atoms with Crippen LogP contribution in [-0.2, 0) is 14.3 Å². The topological polar surface area (TPSA) is 84.5 Å². The van der Waals surface area contributed by atoms with Gasteiger partial charge in [0.2, 0.25) is 11.8 Å². The maximum Gasteiger partial charge on any atom is 0.338 e. The molecule has 0 radical (unpaired) electrons. The molecule has 2 amide bonds. The summed E-state index contributed by atoms with van der Waals surface area (Å²) in [4.78, 5) is 38.1. The molecule has 2 N–H and O–H groups in total. The molecule has 2 aromatic carbocycles. The average Bonchev–Trinajstić information content (AvgIpc) is 2.85. The maximum absolute atomic E-state index is 12.7. The van der Waals surface area contributed by atoms with Gasteiger partial charge in [-0.1, -0.05) is 38.7 Å². The Bertz CT molecular complexity index is 971. The normalized spacial score (nSPS) is 14.8. The van der Waals surface area contributed by atoms with E-state index in [-0.39, 0.29) is 29.0 Å². The molecule has 0 heterocycles. The number of carbonyl (C=O) groups excluding carboxylic acids is 3. The Morgan fingerprint density at radius 2 is 1.74 bits per heavy atom. The highest BCUT2D eigenvalue weighted by Gasteiger charge is 2.21. The van der Waals surface area contributed by atoms with Crippen LogP contribution in [-0.4, -0.2) is 29.6 Å². The van der Waals surface area contributed by atoms with Gasteiger partial charge in [-0.05, 0) is 68.7 Å². The molecule has 0 spiro atoms. The third kappa shape index (κ3) is 7.90. The van der Waals surface area contributed by atoms with E-state index in [1.807, 2.05) is 38.1 Å². The number of benzene rings is 2. The van der Waals surface area contributed by atoms with Gasteiger partial charge in [-0.3, -0.25) is 9.59 Å². The fourth-order valence-corrected chi connectivity index (χ4v) is 4.77. The van der Waals surface area contributed by atoms with E-state index in [9.17, 15) is 14.4 Å². The van der Waals surface area contributed by atoms with E-state index in [1.54, 1.807) is 24.3 Å². The second-order valence-electron chi connectivity index (χ2n) is 8.67. The fraction of sp³-hybridized carbons (Fsp3) is 0.444. The molecule has 0 aromatic heterocycles. The molecule has 3 rings (SSSR count). The van der Waals surface area contributed by atoms with Crippen molar-refractivity contribution in [2.75, 3.05) is 17.2 Å². The standard InChI is InChI=1S/C27H34N2O4S/c1-3-4-17-33-27(32)21-13-15-22(16-14-21)28-25(30)19(2)34-24-12-8-11-23(18-24)29-26(31)20-9-6-5-7-10-20/h8,11-16,18-20H,3-7,9-10,17H2,1-2H3,(H,28,30)(H,29,31). The van der Waals surface area contributed by atoms with Crippen LogP contribution >= 0.6 is 11.8 Å². The van der Waals surface area contributed by atoms with Crippen LogP contribution in [0.25, 0.3) is 0 Å². The molecule has 34 heavy (non-hydrogen) atoms. The predicted molar refractivity (Wildman–Crippen MR) is 137 cm³/mol. The van der Waals surface area contributed by atoms with Crippen molar-refractivity contribution in [2.24, 2.45) is 5.92 Å². The van der Waals surface area contributed by atoms with E-state index >= 15 is 0 Å². The van der Waals surface area contributed by atoms with E-state index in [4.69, 9.17) is 4.74 Å². The molecule has 7 heteroatoms. The van der Waals surface area contributed by atoms with Crippen LogP contribution in [0.1, 0.15) is 69.2 Å². The minimum atomic E-state index is -0.356. The number of amides is 2. The SMILES string of the molecule is CCCCOC(=O)c1ccc(NC(=O)C(C)Sc2cccc(NC(=O)C3CCCCC3)c2)cc1. The molecule has 1 aliphatic rings. The van der Waals surface area contributed by atoms with E-state index in [0.717, 1.165) is 49.1 Å². The first-order valence-electron chi connectivity index (χ1n) is 12.1. The van der Waals surface area contributed by atoms with E-state index in [1.165, 1.54) is 18.2 Å². The van der Waals surface area contributed by atoms with Crippen LogP contribution in [0.3, 0.4) is 0 Å². The fourth-order valence-electron chi connectivity index (χ4n) is 3.84. The minimum absolute atomic E-state index is 0.0883. The number of thioether (sulfide) groups is 1. The summed E-state index contributed by atoms with van der Waals surface area (Å²) in [5.41, 5.74) is 1.84. The monoisotopic (exact) mass is 482 g/mol. The molecule has 182 valence electrons. The summed E-state index contributed by atoms with van der Waals surface area (Å²) < 4.78 is 5.21. The summed E-state index contributed by atoms with van der Waals surface area (Å²) in [6.45, 7) is 4.29. The Labute approximate surface area is 206 Å². The zero-order valence-electron chi connectivity index (χ0n) is 20.0. The number of esters is 1. The predicted octanol–water partition coefficient (Wildman–Crippen LogP) is 6.28. The third-order valence-corrected chi connectivity index (χ3v) is 6.97. The summed E-state index contributed by atoms with van der Waals surface area (Å²) in [5.74, 6) is -0.310. The van der Waals surface area contributed by atoms with Crippen LogP contribution in [0.2, 0.25) is 0 Å². The molecule has 0 saturated heterocycles. The molecule has 6 nitrogen and oxygen atoms in total. The number of hydrogen-bond donors (Lipinski definition) is 2. The van der Waals surface area contributed by atoms with Crippen LogP contribution in [0.5, 0.6) is 0 Å². The summed E-state index contributed by atoms with van der Waals surface area (Å²) in [6.07, 6.45) is 7.17. The lowest BCUT2D eigenvalue weighted by Gasteiger charge is -2.21. The van der Waals surface area contributed by atoms with Gasteiger partial charge in [0.25, 0.3) is 0 Å². The van der Waals surface area contributed by atoms with Crippen molar-refractivity contribution in [3.8, 4) is 0 Å². The van der Waals surface area contributed by atoms with Crippen molar-refractivity contribution in [1.29, 1.82) is 0 Å². The molecule has 1 fully saturated rings. The van der Waals surface area contributed by atoms with Gasteiger partial charge >= 0.3 is 5.97 Å². The first-order valence-corrected chi connectivity index (χ1v) is 13.0. The molecule has 0 aliphatic heterocycles. The van der Waals surface area contributed by atoms with E-state index in [0.29, 0.717) is 17.9 Å². The van der Waals surface area contributed by atoms with Crippen LogP contribution < -0.4 is 10.6 Å². The molecular formula is C27H34N2O4S. The number of nitrogens with one attached hydrogen (secondary N) is 2. The van der Waals surface area contributed by atoms with Crippen molar-refractivity contribution >= 4 is 40.9 Å². The van der Waals surface area contributed by atoms with Gasteiger partial charge in [0.1, 0.15) is 0 Å². The lowest BCUT2D eigenvalue weighted by molar-refractivity contribution is -0.120. The zero-order valence-corrected chi connectivity index (χ0v) is 20.8. The molecule has 1 atom stereocenters. The summed E-state index contributed by atoms with van der Waals surface area (Å²) in [7, 11) is 0. The molecule has 1 aliphatic carbocycles. The lowest BCUT2D eigenvalue weighted by atomic mass is 9.88. The Kier molecular flexibility index (Phi) is 10.0. The Morgan fingerprint density at radius 3 is 2.44 bits per heavy atom. The number of anilines is 2. The van der Waals surface area contributed by atoms with Gasteiger partial charge in [-0.25, -0.2) is 4.79 Å². The van der Waals surface area contributed by atoms with Crippen LogP contribution in [0.15, 0.2) is 53.4 Å². The molecule has 0 bridgehead atoms. The Hall–Kier alpha value is -2.80. The van der Waals surface area contributed by atoms with Crippen LogP contribution in [0, 0.1) is 5.92 Å². The largest absolute Gasteiger partial charge is 0.462 e. The summed E-state index contributed by atoms with van der Waals surface area (Å²) in [6, 6.07) is 14.3. The first kappa shape index (κ1) is 25.8. The first-order chi connectivity index (χ1) is 16.5. The van der Waals surface area contributed by atoms with Gasteiger partial charge < -0.3 is 15.4 Å². The van der Waals surface area contributed by atoms with Gasteiger partial charge in [0.15, 0.2) is 0 Å². The molecule has 1 saturated carbocycles. The highest BCUT2D eigenvalue weighted by Crippen LogP contribution is 2.28. The van der Waals surface area contributed by atoms with Gasteiger partial charge in [0.05, 0.1) is 17.4 Å². The number of hydrogen-bond acceptors (Lipinski definition) is 5. The average molecular weight is 483 g/mol. The van der Waals surface area contributed by atoms with Crippen molar-refractivity contribution in [3.63, 3.8) is 0 Å². The second-order valence-corrected chi connectivity index (χ2v) is 10.1. The van der Waals surface area contributed by atoms with Gasteiger partial charge in [0, 0.05) is 22.2 Å². The lowest BCUT2D eigenvalue weighted by Crippen LogP contribution is -2.24. The number of ether oxygens (including phenoxy) is 1. The Morgan fingerprint density at radius 1 is 1.00 bits per heavy atom. The number of unbranched alkanes of at least 4 members (excludes halogenated alkanes) is 1. The second kappa shape index (κ2) is 13.2. The summed E-state index contributed by atoms with van der Waals surface area (Å²) >= 11 is 1.43. The van der Waals surface area contributed by atoms with E-state index < -0.39 is 0 Å². The number of rotatable bonds is 10. The van der Waals surface area contributed by atoms with Gasteiger partial charge in [-0.2, -0.15) is 0 Å². The van der Waals surface area contributed by atoms with Gasteiger partial charge in [-0.15, -0.1) is 11.8 Å². The highest BCUT2D eigenvalue weighted by molar-refractivity contribution is 8.00. The molecule has 1 unspecified atom stereocenters. The quantitative estimate of drug-likeness (QED) is 0.236. The maximum atomic E-state index is 12.7. The van der Waals surface area contributed by atoms with Crippen LogP contribution in [0.4, 0.5) is 11.4 Å². The zero-order chi connectivity index (χ0) is 24.3. The third-order valence-electron chi connectivity index (χ3n) is 5.88. The molecular weight excluding hydrogens is 448 g/mol. The number of carbonyl (C=O) groups is 3. The highest BCUT2D eigenvalue weighted by atomic mass is 32.2. The minimum Gasteiger partial charge on any atom is -0.462 e.